The maximum absolute atomic E-state index is 12.3. The average molecular weight is 370 g/mol. The molecule has 1 aliphatic heterocycles. The van der Waals surface area contributed by atoms with Crippen LogP contribution in [-0.4, -0.2) is 53.6 Å². The van der Waals surface area contributed by atoms with Crippen LogP contribution in [0.15, 0.2) is 36.7 Å². The third kappa shape index (κ3) is 5.32. The number of carbonyl (C=O) groups excluding carboxylic acids is 1. The van der Waals surface area contributed by atoms with Crippen molar-refractivity contribution >= 4 is 5.91 Å². The zero-order valence-electron chi connectivity index (χ0n) is 16.4. The van der Waals surface area contributed by atoms with E-state index in [1.165, 1.54) is 5.56 Å². The number of likely N-dealkylation sites (tertiary alicyclic amines) is 1. The van der Waals surface area contributed by atoms with Gasteiger partial charge < -0.3 is 14.6 Å². The van der Waals surface area contributed by atoms with Crippen LogP contribution >= 0.6 is 0 Å². The summed E-state index contributed by atoms with van der Waals surface area (Å²) in [5, 5.41) is 3.05. The number of nitrogens with one attached hydrogen (secondary N) is 1. The summed E-state index contributed by atoms with van der Waals surface area (Å²) < 4.78 is 7.38. The van der Waals surface area contributed by atoms with Crippen LogP contribution in [0.3, 0.4) is 0 Å². The van der Waals surface area contributed by atoms with Crippen LogP contribution in [0.2, 0.25) is 0 Å². The highest BCUT2D eigenvalue weighted by Gasteiger charge is 2.25. The third-order valence-corrected chi connectivity index (χ3v) is 5.22. The maximum atomic E-state index is 12.3. The Labute approximate surface area is 161 Å². The number of hydrogen-bond donors (Lipinski definition) is 1. The first-order valence-corrected chi connectivity index (χ1v) is 9.82. The number of piperidine rings is 1. The number of aryl methyl sites for hydroxylation is 1. The van der Waals surface area contributed by atoms with Gasteiger partial charge in [0, 0.05) is 37.9 Å². The molecule has 0 aliphatic carbocycles. The molecule has 1 amide bonds. The quantitative estimate of drug-likeness (QED) is 0.775. The van der Waals surface area contributed by atoms with Crippen molar-refractivity contribution in [3.63, 3.8) is 0 Å². The normalized spacial score (nSPS) is 17.6. The Hall–Kier alpha value is -2.34. The number of methoxy groups -OCH3 is 1. The van der Waals surface area contributed by atoms with Gasteiger partial charge in [0.1, 0.15) is 11.6 Å². The molecular weight excluding hydrogens is 340 g/mol. The summed E-state index contributed by atoms with van der Waals surface area (Å²) in [6.45, 7) is 6.09. The molecule has 27 heavy (non-hydrogen) atoms. The summed E-state index contributed by atoms with van der Waals surface area (Å²) in [6, 6.07) is 7.97. The second kappa shape index (κ2) is 9.55. The molecule has 6 nitrogen and oxygen atoms in total. The van der Waals surface area contributed by atoms with Gasteiger partial charge >= 0.3 is 0 Å². The number of hydrogen-bond acceptors (Lipinski definition) is 4. The minimum atomic E-state index is 0.1000. The zero-order chi connectivity index (χ0) is 19.1. The van der Waals surface area contributed by atoms with Crippen LogP contribution < -0.4 is 10.1 Å². The minimum absolute atomic E-state index is 0.1000. The highest BCUT2D eigenvalue weighted by Crippen LogP contribution is 2.25. The Morgan fingerprint density at radius 1 is 1.33 bits per heavy atom. The van der Waals surface area contributed by atoms with Gasteiger partial charge in [-0.1, -0.05) is 12.1 Å². The Morgan fingerprint density at radius 2 is 2.15 bits per heavy atom. The van der Waals surface area contributed by atoms with Crippen molar-refractivity contribution in [2.75, 3.05) is 33.3 Å². The largest absolute Gasteiger partial charge is 0.497 e. The van der Waals surface area contributed by atoms with Crippen LogP contribution in [0.5, 0.6) is 5.75 Å². The van der Waals surface area contributed by atoms with Gasteiger partial charge in [0.05, 0.1) is 13.7 Å². The highest BCUT2D eigenvalue weighted by molar-refractivity contribution is 5.78. The molecule has 1 N–H and O–H groups in total. The Kier molecular flexibility index (Phi) is 6.87. The van der Waals surface area contributed by atoms with Gasteiger partial charge in [-0.3, -0.25) is 9.69 Å². The molecule has 1 saturated heterocycles. The van der Waals surface area contributed by atoms with Crippen molar-refractivity contribution in [1.29, 1.82) is 0 Å². The molecule has 1 atom stereocenters. The summed E-state index contributed by atoms with van der Waals surface area (Å²) in [7, 11) is 1.66. The van der Waals surface area contributed by atoms with Gasteiger partial charge in [0.2, 0.25) is 5.91 Å². The Bertz CT molecular complexity index is 726. The van der Waals surface area contributed by atoms with E-state index < -0.39 is 0 Å². The lowest BCUT2D eigenvalue weighted by atomic mass is 9.97. The first kappa shape index (κ1) is 19.4. The molecule has 2 aromatic rings. The molecule has 6 heteroatoms. The van der Waals surface area contributed by atoms with Crippen LogP contribution in [-0.2, 0) is 17.8 Å². The molecule has 1 aliphatic rings. The van der Waals surface area contributed by atoms with Crippen LogP contribution in [0.25, 0.3) is 0 Å². The van der Waals surface area contributed by atoms with Gasteiger partial charge in [-0.25, -0.2) is 4.98 Å². The second-order valence-electron chi connectivity index (χ2n) is 7.09. The fourth-order valence-electron chi connectivity index (χ4n) is 3.76. The predicted octanol–water partition coefficient (Wildman–Crippen LogP) is 2.45. The molecule has 3 rings (SSSR count). The van der Waals surface area contributed by atoms with E-state index in [2.05, 4.69) is 26.7 Å². The molecule has 1 aromatic heterocycles. The predicted molar refractivity (Wildman–Crippen MR) is 106 cm³/mol. The van der Waals surface area contributed by atoms with Crippen molar-refractivity contribution in [2.45, 2.75) is 38.6 Å². The van der Waals surface area contributed by atoms with Crippen molar-refractivity contribution < 1.29 is 9.53 Å². The molecular formula is C21H30N4O2. The standard InChI is InChI=1S/C21H30N4O2/c1-3-25-14-12-23-21(25)18-5-4-13-24(15-18)16-20(26)22-11-10-17-6-8-19(27-2)9-7-17/h6-9,12,14,18H,3-5,10-11,13,15-16H2,1-2H3,(H,22,26)/t18-/m0/s1. The Morgan fingerprint density at radius 3 is 2.89 bits per heavy atom. The highest BCUT2D eigenvalue weighted by atomic mass is 16.5. The fourth-order valence-corrected chi connectivity index (χ4v) is 3.76. The monoisotopic (exact) mass is 370 g/mol. The summed E-state index contributed by atoms with van der Waals surface area (Å²) >= 11 is 0. The fraction of sp³-hybridized carbons (Fsp3) is 0.524. The van der Waals surface area contributed by atoms with E-state index in [9.17, 15) is 4.79 Å². The van der Waals surface area contributed by atoms with E-state index in [4.69, 9.17) is 4.74 Å². The van der Waals surface area contributed by atoms with Gasteiger partial charge in [0.15, 0.2) is 0 Å². The first-order chi connectivity index (χ1) is 13.2. The van der Waals surface area contributed by atoms with Crippen LogP contribution in [0.4, 0.5) is 0 Å². The average Bonchev–Trinajstić information content (AvgIpc) is 3.17. The van der Waals surface area contributed by atoms with Crippen molar-refractivity contribution in [1.82, 2.24) is 19.8 Å². The summed E-state index contributed by atoms with van der Waals surface area (Å²) in [6.07, 6.45) is 7.00. The molecule has 2 heterocycles. The molecule has 0 saturated carbocycles. The minimum Gasteiger partial charge on any atom is -0.497 e. The number of nitrogens with zero attached hydrogens (tertiary/aromatic N) is 3. The number of imidazole rings is 1. The zero-order valence-corrected chi connectivity index (χ0v) is 16.4. The number of carbonyl (C=O) groups is 1. The van der Waals surface area contributed by atoms with Gasteiger partial charge in [-0.05, 0) is 50.4 Å². The summed E-state index contributed by atoms with van der Waals surface area (Å²) in [5.41, 5.74) is 1.19. The van der Waals surface area contributed by atoms with Gasteiger partial charge in [-0.15, -0.1) is 0 Å². The van der Waals surface area contributed by atoms with E-state index in [0.29, 0.717) is 19.0 Å². The Balaban J connectivity index is 1.43. The number of amides is 1. The van der Waals surface area contributed by atoms with Crippen molar-refractivity contribution in [3.05, 3.63) is 48.0 Å². The number of benzene rings is 1. The molecule has 0 unspecified atom stereocenters. The molecule has 0 radical (unpaired) electrons. The summed E-state index contributed by atoms with van der Waals surface area (Å²) in [5.74, 6) is 2.53. The smallest absolute Gasteiger partial charge is 0.234 e. The van der Waals surface area contributed by atoms with Gasteiger partial charge in [0.25, 0.3) is 0 Å². The number of aromatic nitrogens is 2. The maximum Gasteiger partial charge on any atom is 0.234 e. The van der Waals surface area contributed by atoms with E-state index >= 15 is 0 Å². The van der Waals surface area contributed by atoms with E-state index in [-0.39, 0.29) is 5.91 Å². The van der Waals surface area contributed by atoms with E-state index in [0.717, 1.165) is 50.5 Å². The van der Waals surface area contributed by atoms with Crippen molar-refractivity contribution in [3.8, 4) is 5.75 Å². The molecule has 1 aromatic carbocycles. The topological polar surface area (TPSA) is 59.4 Å². The third-order valence-electron chi connectivity index (χ3n) is 5.22. The number of ether oxygens (including phenoxy) is 1. The molecule has 0 bridgehead atoms. The lowest BCUT2D eigenvalue weighted by Crippen LogP contribution is -2.42. The molecule has 1 fully saturated rings. The van der Waals surface area contributed by atoms with Crippen molar-refractivity contribution in [2.24, 2.45) is 0 Å². The number of rotatable bonds is 8. The van der Waals surface area contributed by atoms with Gasteiger partial charge in [-0.2, -0.15) is 0 Å². The summed E-state index contributed by atoms with van der Waals surface area (Å²) in [4.78, 5) is 19.1. The SMILES string of the molecule is CCn1ccnc1[C@H]1CCCN(CC(=O)NCCc2ccc(OC)cc2)C1. The van der Waals surface area contributed by atoms with Crippen LogP contribution in [0.1, 0.15) is 37.1 Å². The van der Waals surface area contributed by atoms with Crippen LogP contribution in [0, 0.1) is 0 Å². The second-order valence-corrected chi connectivity index (χ2v) is 7.09. The molecule has 146 valence electrons. The lowest BCUT2D eigenvalue weighted by Gasteiger charge is -2.32. The van der Waals surface area contributed by atoms with E-state index in [1.807, 2.05) is 36.7 Å². The van der Waals surface area contributed by atoms with E-state index in [1.54, 1.807) is 7.11 Å². The molecule has 0 spiro atoms. The first-order valence-electron chi connectivity index (χ1n) is 9.82. The lowest BCUT2D eigenvalue weighted by molar-refractivity contribution is -0.122.